The maximum Gasteiger partial charge on any atom is 0.261 e. The van der Waals surface area contributed by atoms with Gasteiger partial charge in [0.25, 0.3) is 11.8 Å². The monoisotopic (exact) mass is 469 g/mol. The number of fused-ring (bicyclic) bond motifs is 1. The van der Waals surface area contributed by atoms with Gasteiger partial charge >= 0.3 is 0 Å². The number of para-hydroxylation sites is 1. The molecule has 0 spiro atoms. The van der Waals surface area contributed by atoms with Gasteiger partial charge in [0.1, 0.15) is 11.5 Å². The number of rotatable bonds is 8. The Hall–Kier alpha value is -3.14. The highest BCUT2D eigenvalue weighted by Crippen LogP contribution is 2.25. The van der Waals surface area contributed by atoms with Crippen LogP contribution in [0.3, 0.4) is 0 Å². The lowest BCUT2D eigenvalue weighted by Gasteiger charge is -2.38. The van der Waals surface area contributed by atoms with Crippen LogP contribution in [0, 0.1) is 11.7 Å². The van der Waals surface area contributed by atoms with Crippen molar-refractivity contribution in [3.05, 3.63) is 65.5 Å². The summed E-state index contributed by atoms with van der Waals surface area (Å²) < 4.78 is 19.8. The van der Waals surface area contributed by atoms with E-state index in [0.29, 0.717) is 30.8 Å². The van der Waals surface area contributed by atoms with Gasteiger partial charge < -0.3 is 4.74 Å². The molecule has 2 heterocycles. The molecule has 2 atom stereocenters. The van der Waals surface area contributed by atoms with Crippen LogP contribution in [0.1, 0.15) is 34.1 Å². The van der Waals surface area contributed by atoms with E-state index in [0.717, 1.165) is 18.0 Å². The molecule has 8 nitrogen and oxygen atoms in total. The average Bonchev–Trinajstić information content (AvgIpc) is 3.08. The third-order valence-corrected chi connectivity index (χ3v) is 6.38. The lowest BCUT2D eigenvalue weighted by Crippen LogP contribution is -2.49. The molecule has 2 aromatic rings. The summed E-state index contributed by atoms with van der Waals surface area (Å²) in [6.45, 7) is 3.66. The third-order valence-electron chi connectivity index (χ3n) is 6.38. The number of hydrogen-bond donors (Lipinski definition) is 0. The first-order valence-electron chi connectivity index (χ1n) is 11.3. The summed E-state index contributed by atoms with van der Waals surface area (Å²) in [7, 11) is 1.62. The molecule has 2 aliphatic rings. The zero-order valence-electron chi connectivity index (χ0n) is 19.3. The maximum absolute atomic E-state index is 14.2. The van der Waals surface area contributed by atoms with Crippen LogP contribution < -0.4 is 5.06 Å². The highest BCUT2D eigenvalue weighted by molar-refractivity contribution is 6.21. The normalized spacial score (nSPS) is 20.5. The number of ether oxygens (including phenoxy) is 1. The van der Waals surface area contributed by atoms with Crippen LogP contribution in [0.15, 0.2) is 48.5 Å². The lowest BCUT2D eigenvalue weighted by molar-refractivity contribution is -0.126. The summed E-state index contributed by atoms with van der Waals surface area (Å²) in [4.78, 5) is 46.4. The molecule has 9 heteroatoms. The number of nitrogens with zero attached hydrogens (tertiary/aromatic N) is 3. The quantitative estimate of drug-likeness (QED) is 0.437. The SMILES string of the molecule is CO[C@H]1CN(CCN2C(=O)c3ccccc3C2=O)CC[C@H]1CON(C(C)=O)c1ccccc1F. The molecule has 1 saturated heterocycles. The van der Waals surface area contributed by atoms with Crippen molar-refractivity contribution in [3.8, 4) is 0 Å². The molecule has 2 aliphatic heterocycles. The first kappa shape index (κ1) is 24.0. The number of methoxy groups -OCH3 is 1. The molecule has 0 unspecified atom stereocenters. The molecule has 1 fully saturated rings. The van der Waals surface area contributed by atoms with Crippen molar-refractivity contribution in [3.63, 3.8) is 0 Å². The maximum atomic E-state index is 14.2. The molecular weight excluding hydrogens is 441 g/mol. The van der Waals surface area contributed by atoms with E-state index in [9.17, 15) is 18.8 Å². The Bertz CT molecular complexity index is 1040. The molecule has 0 saturated carbocycles. The van der Waals surface area contributed by atoms with Crippen molar-refractivity contribution in [1.29, 1.82) is 0 Å². The van der Waals surface area contributed by atoms with E-state index in [1.807, 2.05) is 0 Å². The van der Waals surface area contributed by atoms with Crippen molar-refractivity contribution >= 4 is 23.4 Å². The fraction of sp³-hybridized carbons (Fsp3) is 0.400. The number of piperidine rings is 1. The van der Waals surface area contributed by atoms with Crippen LogP contribution in [0.5, 0.6) is 0 Å². The molecule has 0 aromatic heterocycles. The van der Waals surface area contributed by atoms with Gasteiger partial charge in [0.2, 0.25) is 5.91 Å². The molecule has 2 aromatic carbocycles. The van der Waals surface area contributed by atoms with Gasteiger partial charge in [-0.2, -0.15) is 5.06 Å². The minimum atomic E-state index is -0.538. The second-order valence-electron chi connectivity index (χ2n) is 8.49. The van der Waals surface area contributed by atoms with Crippen LogP contribution in [0.25, 0.3) is 0 Å². The number of benzene rings is 2. The molecule has 3 amide bonds. The molecule has 0 bridgehead atoms. The van der Waals surface area contributed by atoms with E-state index in [1.165, 1.54) is 24.0 Å². The van der Waals surface area contributed by atoms with Crippen LogP contribution in [0.4, 0.5) is 10.1 Å². The van der Waals surface area contributed by atoms with E-state index in [-0.39, 0.29) is 36.1 Å². The summed E-state index contributed by atoms with van der Waals surface area (Å²) >= 11 is 0. The van der Waals surface area contributed by atoms with Crippen molar-refractivity contribution < 1.29 is 28.3 Å². The number of carbonyl (C=O) groups excluding carboxylic acids is 3. The minimum Gasteiger partial charge on any atom is -0.380 e. The highest BCUT2D eigenvalue weighted by Gasteiger charge is 2.36. The Morgan fingerprint density at radius 1 is 1.06 bits per heavy atom. The van der Waals surface area contributed by atoms with Crippen molar-refractivity contribution in [2.24, 2.45) is 5.92 Å². The van der Waals surface area contributed by atoms with Gasteiger partial charge in [-0.25, -0.2) is 4.39 Å². The summed E-state index contributed by atoms with van der Waals surface area (Å²) in [5.41, 5.74) is 0.966. The summed E-state index contributed by atoms with van der Waals surface area (Å²) in [5.74, 6) is -1.48. The van der Waals surface area contributed by atoms with Crippen LogP contribution in [-0.2, 0) is 14.4 Å². The Morgan fingerprint density at radius 2 is 1.71 bits per heavy atom. The zero-order chi connectivity index (χ0) is 24.2. The molecule has 0 radical (unpaired) electrons. The molecule has 0 N–H and O–H groups in total. The number of imide groups is 1. The van der Waals surface area contributed by atoms with E-state index < -0.39 is 11.7 Å². The number of hydroxylamine groups is 1. The molecule has 34 heavy (non-hydrogen) atoms. The average molecular weight is 470 g/mol. The number of carbonyl (C=O) groups is 3. The van der Waals surface area contributed by atoms with Gasteiger partial charge in [-0.1, -0.05) is 24.3 Å². The third kappa shape index (κ3) is 4.86. The van der Waals surface area contributed by atoms with Gasteiger partial charge in [0.15, 0.2) is 0 Å². The Kier molecular flexibility index (Phi) is 7.35. The highest BCUT2D eigenvalue weighted by atomic mass is 19.1. The lowest BCUT2D eigenvalue weighted by atomic mass is 9.94. The topological polar surface area (TPSA) is 79.4 Å². The van der Waals surface area contributed by atoms with Gasteiger partial charge in [0.05, 0.1) is 23.8 Å². The molecular formula is C25H28FN3O5. The summed E-state index contributed by atoms with van der Waals surface area (Å²) in [6, 6.07) is 12.8. The van der Waals surface area contributed by atoms with Gasteiger partial charge in [-0.15, -0.1) is 0 Å². The minimum absolute atomic E-state index is 0.00539. The van der Waals surface area contributed by atoms with E-state index in [1.54, 1.807) is 43.5 Å². The molecule has 180 valence electrons. The van der Waals surface area contributed by atoms with Crippen LogP contribution in [0.2, 0.25) is 0 Å². The van der Waals surface area contributed by atoms with Crippen LogP contribution >= 0.6 is 0 Å². The second-order valence-corrected chi connectivity index (χ2v) is 8.49. The number of anilines is 1. The number of halogens is 1. The van der Waals surface area contributed by atoms with Crippen LogP contribution in [-0.4, -0.2) is 73.5 Å². The molecule has 4 rings (SSSR count). The fourth-order valence-corrected chi connectivity index (χ4v) is 4.49. The first-order valence-corrected chi connectivity index (χ1v) is 11.3. The summed E-state index contributed by atoms with van der Waals surface area (Å²) in [5, 5.41) is 0.983. The number of amides is 3. The largest absolute Gasteiger partial charge is 0.380 e. The Labute approximate surface area is 197 Å². The smallest absolute Gasteiger partial charge is 0.261 e. The number of likely N-dealkylation sites (tertiary alicyclic amines) is 1. The predicted molar refractivity (Wildman–Crippen MR) is 123 cm³/mol. The van der Waals surface area contributed by atoms with E-state index in [4.69, 9.17) is 9.57 Å². The standard InChI is InChI=1S/C25H28FN3O5/c1-17(30)29(22-10-6-5-9-21(22)26)34-16-18-11-12-27(15-23(18)33-2)13-14-28-24(31)19-7-3-4-8-20(19)25(28)32/h3-10,18,23H,11-16H2,1-2H3/t18-,23-/m0/s1. The number of hydrogen-bond acceptors (Lipinski definition) is 6. The fourth-order valence-electron chi connectivity index (χ4n) is 4.49. The Balaban J connectivity index is 1.32. The van der Waals surface area contributed by atoms with E-state index in [2.05, 4.69) is 4.90 Å². The predicted octanol–water partition coefficient (Wildman–Crippen LogP) is 2.74. The van der Waals surface area contributed by atoms with Crippen molar-refractivity contribution in [1.82, 2.24) is 9.80 Å². The van der Waals surface area contributed by atoms with Gasteiger partial charge in [-0.3, -0.25) is 29.0 Å². The Morgan fingerprint density at radius 3 is 2.32 bits per heavy atom. The van der Waals surface area contributed by atoms with Crippen molar-refractivity contribution in [2.45, 2.75) is 19.4 Å². The second kappa shape index (κ2) is 10.4. The first-order chi connectivity index (χ1) is 16.4. The summed E-state index contributed by atoms with van der Waals surface area (Å²) in [6.07, 6.45) is 0.550. The van der Waals surface area contributed by atoms with Gasteiger partial charge in [0, 0.05) is 39.6 Å². The van der Waals surface area contributed by atoms with Crippen molar-refractivity contribution in [2.75, 3.05) is 45.0 Å². The zero-order valence-corrected chi connectivity index (χ0v) is 19.3. The van der Waals surface area contributed by atoms with E-state index >= 15 is 0 Å². The molecule has 0 aliphatic carbocycles. The van der Waals surface area contributed by atoms with Gasteiger partial charge in [-0.05, 0) is 37.2 Å².